The van der Waals surface area contributed by atoms with Gasteiger partial charge in [-0.05, 0) is 31.5 Å². The zero-order valence-electron chi connectivity index (χ0n) is 16.9. The summed E-state index contributed by atoms with van der Waals surface area (Å²) >= 11 is 0. The summed E-state index contributed by atoms with van der Waals surface area (Å²) in [6.45, 7) is 4.11. The van der Waals surface area contributed by atoms with Crippen molar-refractivity contribution in [1.82, 2.24) is 5.32 Å². The molecule has 158 valence electrons. The van der Waals surface area contributed by atoms with Gasteiger partial charge in [-0.1, -0.05) is 48.5 Å². The summed E-state index contributed by atoms with van der Waals surface area (Å²) in [6.07, 6.45) is -2.47. The molecule has 2 aromatic carbocycles. The SMILES string of the molecule is CC1(C)O[C@H]2O[C@H]([C@H]3NC(=O)[C@H]3Oc3ccccc3)[C@H](OCc3ccccc3)[C@H]2O1. The number of carbonyl (C=O) groups excluding carboxylic acids is 1. The summed E-state index contributed by atoms with van der Waals surface area (Å²) in [4.78, 5) is 12.2. The molecule has 0 bridgehead atoms. The molecule has 0 aromatic heterocycles. The van der Waals surface area contributed by atoms with Crippen LogP contribution in [0.1, 0.15) is 19.4 Å². The Morgan fingerprint density at radius 2 is 1.67 bits per heavy atom. The van der Waals surface area contributed by atoms with E-state index in [1.165, 1.54) is 0 Å². The van der Waals surface area contributed by atoms with Crippen LogP contribution in [-0.4, -0.2) is 48.4 Å². The molecule has 0 radical (unpaired) electrons. The maximum atomic E-state index is 12.2. The van der Waals surface area contributed by atoms with Crippen molar-refractivity contribution in [3.63, 3.8) is 0 Å². The minimum atomic E-state index is -0.753. The van der Waals surface area contributed by atoms with Crippen molar-refractivity contribution in [2.75, 3.05) is 0 Å². The molecule has 30 heavy (non-hydrogen) atoms. The first-order chi connectivity index (χ1) is 14.5. The lowest BCUT2D eigenvalue weighted by Crippen LogP contribution is -2.71. The maximum Gasteiger partial charge on any atom is 0.263 e. The summed E-state index contributed by atoms with van der Waals surface area (Å²) in [5, 5.41) is 2.91. The lowest BCUT2D eigenvalue weighted by Gasteiger charge is -2.41. The van der Waals surface area contributed by atoms with E-state index >= 15 is 0 Å². The van der Waals surface area contributed by atoms with E-state index in [4.69, 9.17) is 23.7 Å². The van der Waals surface area contributed by atoms with Gasteiger partial charge in [-0.3, -0.25) is 4.79 Å². The Morgan fingerprint density at radius 1 is 0.967 bits per heavy atom. The number of para-hydroxylation sites is 1. The number of β-lactam (4-membered cyclic amide) rings is 1. The molecule has 0 saturated carbocycles. The van der Waals surface area contributed by atoms with Crippen LogP contribution in [0.2, 0.25) is 0 Å². The monoisotopic (exact) mass is 411 g/mol. The van der Waals surface area contributed by atoms with Crippen molar-refractivity contribution in [2.24, 2.45) is 0 Å². The van der Waals surface area contributed by atoms with E-state index in [1.54, 1.807) is 0 Å². The van der Waals surface area contributed by atoms with Crippen LogP contribution in [0.5, 0.6) is 5.75 Å². The van der Waals surface area contributed by atoms with Crippen LogP contribution in [0, 0.1) is 0 Å². The number of fused-ring (bicyclic) bond motifs is 1. The Kier molecular flexibility index (Phi) is 4.99. The first-order valence-corrected chi connectivity index (χ1v) is 10.2. The van der Waals surface area contributed by atoms with Crippen molar-refractivity contribution in [2.45, 2.75) is 63.0 Å². The Bertz CT molecular complexity index is 889. The van der Waals surface area contributed by atoms with E-state index in [-0.39, 0.29) is 18.1 Å². The average molecular weight is 411 g/mol. The summed E-state index contributed by atoms with van der Waals surface area (Å²) < 4.78 is 30.4. The molecule has 3 fully saturated rings. The van der Waals surface area contributed by atoms with Crippen LogP contribution in [-0.2, 0) is 30.3 Å². The normalized spacial score (nSPS) is 34.1. The molecule has 0 aliphatic carbocycles. The molecular formula is C23H25NO6. The third-order valence-electron chi connectivity index (χ3n) is 5.57. The summed E-state index contributed by atoms with van der Waals surface area (Å²) in [5.41, 5.74) is 1.05. The Morgan fingerprint density at radius 3 is 2.37 bits per heavy atom. The predicted molar refractivity (Wildman–Crippen MR) is 107 cm³/mol. The summed E-state index contributed by atoms with van der Waals surface area (Å²) in [6, 6.07) is 18.8. The molecule has 3 aliphatic heterocycles. The highest BCUT2D eigenvalue weighted by atomic mass is 16.8. The second-order valence-corrected chi connectivity index (χ2v) is 8.22. The van der Waals surface area contributed by atoms with Crippen molar-refractivity contribution in [1.29, 1.82) is 0 Å². The zero-order valence-corrected chi connectivity index (χ0v) is 16.9. The molecule has 5 rings (SSSR count). The van der Waals surface area contributed by atoms with Crippen LogP contribution >= 0.6 is 0 Å². The molecule has 2 aromatic rings. The predicted octanol–water partition coefficient (Wildman–Crippen LogP) is 2.39. The summed E-state index contributed by atoms with van der Waals surface area (Å²) in [7, 11) is 0. The van der Waals surface area contributed by atoms with Gasteiger partial charge in [0.1, 0.15) is 30.1 Å². The molecule has 7 nitrogen and oxygen atoms in total. The highest BCUT2D eigenvalue weighted by Gasteiger charge is 2.61. The first-order valence-electron chi connectivity index (χ1n) is 10.2. The van der Waals surface area contributed by atoms with Crippen LogP contribution < -0.4 is 10.1 Å². The highest BCUT2D eigenvalue weighted by Crippen LogP contribution is 2.41. The lowest BCUT2D eigenvalue weighted by molar-refractivity contribution is -0.228. The van der Waals surface area contributed by atoms with E-state index in [2.05, 4.69) is 5.32 Å². The molecule has 1 amide bonds. The van der Waals surface area contributed by atoms with E-state index in [1.807, 2.05) is 74.5 Å². The first kappa shape index (κ1) is 19.5. The fourth-order valence-corrected chi connectivity index (χ4v) is 4.17. The largest absolute Gasteiger partial charge is 0.478 e. The van der Waals surface area contributed by atoms with Crippen LogP contribution in [0.4, 0.5) is 0 Å². The number of carbonyl (C=O) groups is 1. The number of nitrogens with one attached hydrogen (secondary N) is 1. The Hall–Kier alpha value is -2.45. The molecule has 6 atom stereocenters. The van der Waals surface area contributed by atoms with Gasteiger partial charge in [-0.15, -0.1) is 0 Å². The minimum Gasteiger partial charge on any atom is -0.478 e. The van der Waals surface area contributed by atoms with Gasteiger partial charge < -0.3 is 29.0 Å². The topological polar surface area (TPSA) is 75.3 Å². The van der Waals surface area contributed by atoms with Gasteiger partial charge in [-0.2, -0.15) is 0 Å². The second-order valence-electron chi connectivity index (χ2n) is 8.22. The zero-order chi connectivity index (χ0) is 20.7. The molecule has 3 aliphatic rings. The number of rotatable bonds is 6. The quantitative estimate of drug-likeness (QED) is 0.736. The van der Waals surface area contributed by atoms with Crippen LogP contribution in [0.25, 0.3) is 0 Å². The molecule has 0 spiro atoms. The highest BCUT2D eigenvalue weighted by molar-refractivity contribution is 5.89. The molecule has 1 N–H and O–H groups in total. The van der Waals surface area contributed by atoms with Crippen LogP contribution in [0.3, 0.4) is 0 Å². The number of amides is 1. The van der Waals surface area contributed by atoms with Crippen LogP contribution in [0.15, 0.2) is 60.7 Å². The summed E-state index contributed by atoms with van der Waals surface area (Å²) in [5.74, 6) is -0.290. The van der Waals surface area contributed by atoms with E-state index in [0.717, 1.165) is 5.56 Å². The molecule has 0 unspecified atom stereocenters. The van der Waals surface area contributed by atoms with Crippen molar-refractivity contribution in [3.05, 3.63) is 66.2 Å². The number of ether oxygens (including phenoxy) is 5. The van der Waals surface area contributed by atoms with Gasteiger partial charge in [0, 0.05) is 0 Å². The Balaban J connectivity index is 1.34. The Labute approximate surface area is 175 Å². The number of hydrogen-bond donors (Lipinski definition) is 1. The fraction of sp³-hybridized carbons (Fsp3) is 0.435. The van der Waals surface area contributed by atoms with Crippen molar-refractivity contribution >= 4 is 5.91 Å². The third-order valence-corrected chi connectivity index (χ3v) is 5.57. The van der Waals surface area contributed by atoms with Crippen molar-refractivity contribution < 1.29 is 28.5 Å². The van der Waals surface area contributed by atoms with Gasteiger partial charge in [0.05, 0.1) is 6.61 Å². The van der Waals surface area contributed by atoms with Gasteiger partial charge in [-0.25, -0.2) is 0 Å². The molecule has 3 saturated heterocycles. The standard InChI is InChI=1S/C23H25NO6/c1-23(2)29-20-19(26-13-14-9-5-3-6-10-14)17(28-22(20)30-23)16-18(21(25)24-16)27-15-11-7-4-8-12-15/h3-12,16-20,22H,13H2,1-2H3,(H,24,25)/t16-,17-,18+,19+,20-,22-/m1/s1. The molecule has 3 heterocycles. The maximum absolute atomic E-state index is 12.2. The van der Waals surface area contributed by atoms with Gasteiger partial charge >= 0.3 is 0 Å². The minimum absolute atomic E-state index is 0.173. The van der Waals surface area contributed by atoms with Gasteiger partial charge in [0.15, 0.2) is 18.2 Å². The van der Waals surface area contributed by atoms with E-state index < -0.39 is 30.4 Å². The van der Waals surface area contributed by atoms with E-state index in [9.17, 15) is 4.79 Å². The second kappa shape index (κ2) is 7.67. The lowest BCUT2D eigenvalue weighted by atomic mass is 9.92. The smallest absolute Gasteiger partial charge is 0.263 e. The van der Waals surface area contributed by atoms with Gasteiger partial charge in [0.2, 0.25) is 0 Å². The van der Waals surface area contributed by atoms with Gasteiger partial charge in [0.25, 0.3) is 5.91 Å². The molecule has 7 heteroatoms. The number of hydrogen-bond acceptors (Lipinski definition) is 6. The average Bonchev–Trinajstić information content (AvgIpc) is 3.21. The number of benzene rings is 2. The molecular weight excluding hydrogens is 386 g/mol. The fourth-order valence-electron chi connectivity index (χ4n) is 4.17. The van der Waals surface area contributed by atoms with Crippen molar-refractivity contribution in [3.8, 4) is 5.75 Å². The third kappa shape index (κ3) is 3.70. The van der Waals surface area contributed by atoms with E-state index in [0.29, 0.717) is 12.4 Å².